The van der Waals surface area contributed by atoms with Crippen LogP contribution in [0.3, 0.4) is 0 Å². The molecule has 0 aliphatic rings. The number of methoxy groups -OCH3 is 1. The van der Waals surface area contributed by atoms with E-state index in [1.165, 1.54) is 0 Å². The normalized spacial score (nSPS) is 12.9. The highest BCUT2D eigenvalue weighted by Crippen LogP contribution is 2.25. The molecule has 2 nitrogen and oxygen atoms in total. The molecule has 1 atom stereocenters. The molecule has 0 fully saturated rings. The van der Waals surface area contributed by atoms with E-state index in [0.29, 0.717) is 16.7 Å². The van der Waals surface area contributed by atoms with Gasteiger partial charge in [-0.3, -0.25) is 0 Å². The predicted octanol–water partition coefficient (Wildman–Crippen LogP) is 3.03. The first-order chi connectivity index (χ1) is 6.65. The standard InChI is InChI=1S/C10H13Cl2NO/c1-14-5-4-10(13)7-2-3-8(11)9(12)6-7/h2-3,6,10H,4-5,13H2,1H3. The maximum Gasteiger partial charge on any atom is 0.0595 e. The summed E-state index contributed by atoms with van der Waals surface area (Å²) in [4.78, 5) is 0. The summed E-state index contributed by atoms with van der Waals surface area (Å²) >= 11 is 11.7. The van der Waals surface area contributed by atoms with Crippen LogP contribution in [0.5, 0.6) is 0 Å². The molecule has 0 radical (unpaired) electrons. The highest BCUT2D eigenvalue weighted by atomic mass is 35.5. The van der Waals surface area contributed by atoms with Crippen molar-refractivity contribution in [1.29, 1.82) is 0 Å². The summed E-state index contributed by atoms with van der Waals surface area (Å²) in [7, 11) is 1.65. The Balaban J connectivity index is 2.70. The Labute approximate surface area is 94.0 Å². The molecule has 0 heterocycles. The molecule has 1 aromatic carbocycles. The third-order valence-corrected chi connectivity index (χ3v) is 2.74. The van der Waals surface area contributed by atoms with E-state index in [1.807, 2.05) is 6.07 Å². The second-order valence-corrected chi connectivity index (χ2v) is 3.88. The molecule has 14 heavy (non-hydrogen) atoms. The van der Waals surface area contributed by atoms with Crippen LogP contribution in [0.25, 0.3) is 0 Å². The zero-order valence-electron chi connectivity index (χ0n) is 7.97. The average molecular weight is 234 g/mol. The lowest BCUT2D eigenvalue weighted by Crippen LogP contribution is -2.12. The fourth-order valence-electron chi connectivity index (χ4n) is 1.15. The lowest BCUT2D eigenvalue weighted by molar-refractivity contribution is 0.188. The molecule has 1 unspecified atom stereocenters. The Morgan fingerprint density at radius 2 is 2.07 bits per heavy atom. The highest BCUT2D eigenvalue weighted by Gasteiger charge is 2.07. The van der Waals surface area contributed by atoms with E-state index < -0.39 is 0 Å². The molecule has 0 amide bonds. The molecule has 78 valence electrons. The van der Waals surface area contributed by atoms with Gasteiger partial charge >= 0.3 is 0 Å². The summed E-state index contributed by atoms with van der Waals surface area (Å²) < 4.78 is 4.95. The van der Waals surface area contributed by atoms with Gasteiger partial charge in [-0.2, -0.15) is 0 Å². The molecule has 2 N–H and O–H groups in total. The zero-order chi connectivity index (χ0) is 10.6. The van der Waals surface area contributed by atoms with Gasteiger partial charge in [0.25, 0.3) is 0 Å². The minimum atomic E-state index is -0.0512. The molecule has 0 aliphatic heterocycles. The van der Waals surface area contributed by atoms with E-state index in [9.17, 15) is 0 Å². The van der Waals surface area contributed by atoms with Crippen LogP contribution in [0.2, 0.25) is 10.0 Å². The number of rotatable bonds is 4. The first-order valence-electron chi connectivity index (χ1n) is 4.34. The Morgan fingerprint density at radius 3 is 2.64 bits per heavy atom. The fraction of sp³-hybridized carbons (Fsp3) is 0.400. The van der Waals surface area contributed by atoms with Gasteiger partial charge in [0.1, 0.15) is 0 Å². The van der Waals surface area contributed by atoms with Gasteiger partial charge in [0.05, 0.1) is 10.0 Å². The van der Waals surface area contributed by atoms with Crippen LogP contribution >= 0.6 is 23.2 Å². The van der Waals surface area contributed by atoms with Crippen molar-refractivity contribution in [3.05, 3.63) is 33.8 Å². The van der Waals surface area contributed by atoms with Gasteiger partial charge in [-0.25, -0.2) is 0 Å². The van der Waals surface area contributed by atoms with Gasteiger partial charge < -0.3 is 10.5 Å². The van der Waals surface area contributed by atoms with Crippen molar-refractivity contribution in [3.8, 4) is 0 Å². The van der Waals surface area contributed by atoms with Crippen molar-refractivity contribution in [3.63, 3.8) is 0 Å². The molecular weight excluding hydrogens is 221 g/mol. The van der Waals surface area contributed by atoms with Crippen LogP contribution in [0.4, 0.5) is 0 Å². The van der Waals surface area contributed by atoms with Gasteiger partial charge in [-0.1, -0.05) is 29.3 Å². The van der Waals surface area contributed by atoms with Crippen molar-refractivity contribution < 1.29 is 4.74 Å². The maximum absolute atomic E-state index is 5.92. The molecule has 0 bridgehead atoms. The summed E-state index contributed by atoms with van der Waals surface area (Å²) in [6, 6.07) is 5.38. The van der Waals surface area contributed by atoms with Crippen LogP contribution < -0.4 is 5.73 Å². The molecule has 1 aromatic rings. The first kappa shape index (κ1) is 11.8. The van der Waals surface area contributed by atoms with Crippen molar-refractivity contribution in [1.82, 2.24) is 0 Å². The van der Waals surface area contributed by atoms with Crippen LogP contribution in [0.1, 0.15) is 18.0 Å². The first-order valence-corrected chi connectivity index (χ1v) is 5.10. The number of hydrogen-bond donors (Lipinski definition) is 1. The minimum Gasteiger partial charge on any atom is -0.385 e. The van der Waals surface area contributed by atoms with E-state index in [-0.39, 0.29) is 6.04 Å². The Kier molecular flexibility index (Phi) is 4.69. The molecule has 0 aromatic heterocycles. The summed E-state index contributed by atoms with van der Waals surface area (Å²) in [5.41, 5.74) is 6.90. The highest BCUT2D eigenvalue weighted by molar-refractivity contribution is 6.42. The number of nitrogens with two attached hydrogens (primary N) is 1. The topological polar surface area (TPSA) is 35.2 Å². The smallest absolute Gasteiger partial charge is 0.0595 e. The van der Waals surface area contributed by atoms with Crippen molar-refractivity contribution in [2.24, 2.45) is 5.73 Å². The van der Waals surface area contributed by atoms with Crippen molar-refractivity contribution in [2.45, 2.75) is 12.5 Å². The molecule has 1 rings (SSSR count). The van der Waals surface area contributed by atoms with Crippen LogP contribution in [0, 0.1) is 0 Å². The van der Waals surface area contributed by atoms with E-state index in [0.717, 1.165) is 12.0 Å². The van der Waals surface area contributed by atoms with Gasteiger partial charge in [-0.15, -0.1) is 0 Å². The summed E-state index contributed by atoms with van der Waals surface area (Å²) in [6.45, 7) is 0.640. The monoisotopic (exact) mass is 233 g/mol. The number of benzene rings is 1. The lowest BCUT2D eigenvalue weighted by Gasteiger charge is -2.11. The molecule has 0 spiro atoms. The predicted molar refractivity (Wildman–Crippen MR) is 59.9 cm³/mol. The Morgan fingerprint density at radius 1 is 1.36 bits per heavy atom. The second kappa shape index (κ2) is 5.56. The summed E-state index contributed by atoms with van der Waals surface area (Å²) in [6.07, 6.45) is 0.772. The fourth-order valence-corrected chi connectivity index (χ4v) is 1.46. The average Bonchev–Trinajstić information content (AvgIpc) is 2.18. The van der Waals surface area contributed by atoms with Crippen LogP contribution in [-0.2, 0) is 4.74 Å². The van der Waals surface area contributed by atoms with Gasteiger partial charge in [-0.05, 0) is 24.1 Å². The minimum absolute atomic E-state index is 0.0512. The van der Waals surface area contributed by atoms with E-state index in [1.54, 1.807) is 19.2 Å². The third kappa shape index (κ3) is 3.14. The van der Waals surface area contributed by atoms with Gasteiger partial charge in [0.2, 0.25) is 0 Å². The SMILES string of the molecule is COCCC(N)c1ccc(Cl)c(Cl)c1. The number of ether oxygens (including phenoxy) is 1. The quantitative estimate of drug-likeness (QED) is 0.868. The van der Waals surface area contributed by atoms with Crippen molar-refractivity contribution >= 4 is 23.2 Å². The summed E-state index contributed by atoms with van der Waals surface area (Å²) in [5.74, 6) is 0. The van der Waals surface area contributed by atoms with Crippen LogP contribution in [-0.4, -0.2) is 13.7 Å². The zero-order valence-corrected chi connectivity index (χ0v) is 9.48. The number of halogens is 2. The molecule has 0 aliphatic carbocycles. The molecular formula is C10H13Cl2NO. The van der Waals surface area contributed by atoms with Gasteiger partial charge in [0.15, 0.2) is 0 Å². The molecule has 0 saturated carbocycles. The van der Waals surface area contributed by atoms with Gasteiger partial charge in [0, 0.05) is 19.8 Å². The molecule has 0 saturated heterocycles. The Bertz CT molecular complexity index is 304. The number of hydrogen-bond acceptors (Lipinski definition) is 2. The van der Waals surface area contributed by atoms with Crippen molar-refractivity contribution in [2.75, 3.05) is 13.7 Å². The largest absolute Gasteiger partial charge is 0.385 e. The van der Waals surface area contributed by atoms with E-state index in [4.69, 9.17) is 33.7 Å². The van der Waals surface area contributed by atoms with E-state index in [2.05, 4.69) is 0 Å². The lowest BCUT2D eigenvalue weighted by atomic mass is 10.1. The summed E-state index contributed by atoms with van der Waals surface area (Å²) in [5, 5.41) is 1.09. The van der Waals surface area contributed by atoms with Crippen LogP contribution in [0.15, 0.2) is 18.2 Å². The molecule has 4 heteroatoms. The maximum atomic E-state index is 5.92. The third-order valence-electron chi connectivity index (χ3n) is 2.00. The Hall–Kier alpha value is -0.280. The van der Waals surface area contributed by atoms with E-state index >= 15 is 0 Å². The second-order valence-electron chi connectivity index (χ2n) is 3.06.